The van der Waals surface area contributed by atoms with Gasteiger partial charge in [-0.1, -0.05) is 29.8 Å². The smallest absolute Gasteiger partial charge is 0.423 e. The fourth-order valence-corrected chi connectivity index (χ4v) is 5.54. The number of alkyl halides is 3. The van der Waals surface area contributed by atoms with Crippen LogP contribution >= 0.6 is 0 Å². The van der Waals surface area contributed by atoms with Crippen molar-refractivity contribution in [2.75, 3.05) is 11.6 Å². The van der Waals surface area contributed by atoms with E-state index >= 15 is 0 Å². The minimum Gasteiger partial charge on any atom is -0.423 e. The molecule has 0 saturated carbocycles. The average molecular weight is 625 g/mol. The number of halogens is 3. The van der Waals surface area contributed by atoms with Gasteiger partial charge in [0.1, 0.15) is 11.1 Å². The Balaban J connectivity index is 1.32. The zero-order valence-electron chi connectivity index (χ0n) is 23.1. The van der Waals surface area contributed by atoms with Crippen LogP contribution in [0.15, 0.2) is 64.1 Å². The summed E-state index contributed by atoms with van der Waals surface area (Å²) in [6.07, 6.45) is -4.81. The molecule has 3 heterocycles. The van der Waals surface area contributed by atoms with Crippen LogP contribution in [0.5, 0.6) is 0 Å². The molecular weight excluding hydrogens is 597 g/mol. The van der Waals surface area contributed by atoms with Crippen molar-refractivity contribution >= 4 is 21.9 Å². The lowest BCUT2D eigenvalue weighted by Gasteiger charge is -2.19. The van der Waals surface area contributed by atoms with Gasteiger partial charge in [-0.3, -0.25) is 9.59 Å². The largest absolute Gasteiger partial charge is 0.435 e. The molecule has 1 N–H and O–H groups in total. The van der Waals surface area contributed by atoms with Crippen LogP contribution in [0.2, 0.25) is 0 Å². The van der Waals surface area contributed by atoms with Gasteiger partial charge in [0.05, 0.1) is 21.2 Å². The van der Waals surface area contributed by atoms with Gasteiger partial charge in [0.2, 0.25) is 0 Å². The molecular formula is C26H27F3N6O7S. The Labute approximate surface area is 243 Å². The zero-order valence-corrected chi connectivity index (χ0v) is 23.9. The molecule has 1 amide bonds. The van der Waals surface area contributed by atoms with Gasteiger partial charge in [-0.2, -0.15) is 22.9 Å². The number of amides is 1. The van der Waals surface area contributed by atoms with E-state index in [9.17, 15) is 31.2 Å². The first kappa shape index (κ1) is 29.8. The molecule has 2 atom stereocenters. The van der Waals surface area contributed by atoms with Crippen LogP contribution in [0.1, 0.15) is 37.9 Å². The van der Waals surface area contributed by atoms with Gasteiger partial charge in [-0.25, -0.2) is 22.8 Å². The van der Waals surface area contributed by atoms with Crippen LogP contribution in [0.25, 0.3) is 16.9 Å². The van der Waals surface area contributed by atoms with Crippen molar-refractivity contribution < 1.29 is 45.4 Å². The van der Waals surface area contributed by atoms with Crippen molar-refractivity contribution in [3.8, 4) is 16.9 Å². The van der Waals surface area contributed by atoms with E-state index in [0.29, 0.717) is 24.9 Å². The van der Waals surface area contributed by atoms with Crippen LogP contribution in [0, 0.1) is 6.92 Å². The molecule has 0 aliphatic carbocycles. The number of carbonyl (C=O) groups is 2. The van der Waals surface area contributed by atoms with Crippen LogP contribution in [-0.4, -0.2) is 58.9 Å². The van der Waals surface area contributed by atoms with Crippen LogP contribution in [0.4, 0.5) is 13.2 Å². The molecule has 2 aromatic heterocycles. The standard InChI is InChI=1S/C26H27F3N6O7S/c1-16-6-8-19(9-7-16)23-15-24(26(27,28)29)30-33(23)20-10-12-21(13-11-20)43(38,39)31-25(37)22-5-4-14-32(22)34-35(42-34)41-18(3)40-17(2)36/h6-13,15,18,22H,4-5,14H2,1-3H3,(H,31,37)/t18?,22-,34?,35?/m0/s1. The fourth-order valence-electron chi connectivity index (χ4n) is 4.52. The van der Waals surface area contributed by atoms with E-state index in [0.717, 1.165) is 26.3 Å². The molecule has 1 aliphatic rings. The molecule has 2 aromatic carbocycles. The number of hydrogen-bond donors (Lipinski definition) is 1. The van der Waals surface area contributed by atoms with E-state index in [1.54, 1.807) is 24.3 Å². The number of hydrogen-bond acceptors (Lipinski definition) is 9. The maximum atomic E-state index is 13.5. The van der Waals surface area contributed by atoms with Crippen molar-refractivity contribution in [3.63, 3.8) is 0 Å². The molecule has 17 heteroatoms. The second kappa shape index (κ2) is 11.2. The molecule has 43 heavy (non-hydrogen) atoms. The highest BCUT2D eigenvalue weighted by Crippen LogP contribution is 2.33. The maximum Gasteiger partial charge on any atom is 0.435 e. The Morgan fingerprint density at radius 3 is 2.42 bits per heavy atom. The van der Waals surface area contributed by atoms with Crippen LogP contribution in [-0.2, 0) is 30.5 Å². The third-order valence-corrected chi connectivity index (χ3v) is 7.91. The summed E-state index contributed by atoms with van der Waals surface area (Å²) in [7, 11) is -4.35. The van der Waals surface area contributed by atoms with Gasteiger partial charge < -0.3 is 9.57 Å². The minimum absolute atomic E-state index is 0.162. The molecule has 5 rings (SSSR count). The Morgan fingerprint density at radius 2 is 1.79 bits per heavy atom. The number of carbonyl (C=O) groups excluding carboxylic acids is 2. The number of ether oxygens (including phenoxy) is 1. The number of sulfonamides is 1. The number of esters is 1. The van der Waals surface area contributed by atoms with E-state index in [4.69, 9.17) is 14.2 Å². The van der Waals surface area contributed by atoms with Gasteiger partial charge in [-0.15, -0.1) is 0 Å². The average Bonchev–Trinajstić information content (AvgIpc) is 3.31. The topological polar surface area (TPSA) is 143 Å². The minimum atomic E-state index is -4.70. The highest BCUT2D eigenvalue weighted by Gasteiger charge is 2.39. The lowest BCUT2D eigenvalue weighted by molar-refractivity contribution is -0.178. The summed E-state index contributed by atoms with van der Waals surface area (Å²) in [5, 5.41) is 6.05. The Morgan fingerprint density at radius 1 is 1.12 bits per heavy atom. The molecule has 0 bridgehead atoms. The molecule has 1 aliphatic heterocycles. The van der Waals surface area contributed by atoms with Crippen molar-refractivity contribution in [1.82, 2.24) is 24.5 Å². The summed E-state index contributed by atoms with van der Waals surface area (Å²) >= 11 is 0. The SMILES string of the molecule is CC(=O)OC(C)On1on1N1CCC[C@H]1C(=O)NS(=O)(=O)c1ccc(-n2nc(C(F)(F)F)cc2-c2ccc(C)cc2)cc1. The molecule has 4 aromatic rings. The predicted molar refractivity (Wildman–Crippen MR) is 143 cm³/mol. The summed E-state index contributed by atoms with van der Waals surface area (Å²) in [5.41, 5.74) is 0.645. The second-order valence-electron chi connectivity index (χ2n) is 9.83. The van der Waals surface area contributed by atoms with Gasteiger partial charge >= 0.3 is 12.1 Å². The predicted octanol–water partition coefficient (Wildman–Crippen LogP) is 3.01. The maximum absolute atomic E-state index is 13.5. The molecule has 230 valence electrons. The van der Waals surface area contributed by atoms with Crippen molar-refractivity contribution in [1.29, 1.82) is 0 Å². The van der Waals surface area contributed by atoms with Crippen molar-refractivity contribution in [2.45, 2.75) is 57.0 Å². The van der Waals surface area contributed by atoms with Gasteiger partial charge in [-0.05, 0) is 50.1 Å². The number of aryl methyl sites for hydroxylation is 1. The summed E-state index contributed by atoms with van der Waals surface area (Å²) in [5.74, 6) is -1.39. The summed E-state index contributed by atoms with van der Waals surface area (Å²) in [6.45, 7) is 4.86. The summed E-state index contributed by atoms with van der Waals surface area (Å²) in [6, 6.07) is 11.8. The van der Waals surface area contributed by atoms with Crippen molar-refractivity contribution in [3.05, 3.63) is 65.9 Å². The van der Waals surface area contributed by atoms with Gasteiger partial charge in [0.25, 0.3) is 22.2 Å². The number of nitrogens with one attached hydrogen (secondary N) is 1. The highest BCUT2D eigenvalue weighted by molar-refractivity contribution is 7.90. The lowest BCUT2D eigenvalue weighted by atomic mass is 10.1. The molecule has 0 radical (unpaired) electrons. The quantitative estimate of drug-likeness (QED) is 0.220. The van der Waals surface area contributed by atoms with Crippen molar-refractivity contribution in [2.24, 2.45) is 0 Å². The molecule has 1 unspecified atom stereocenters. The second-order valence-corrected chi connectivity index (χ2v) is 11.5. The number of nitrogens with zero attached hydrogens (tertiary/aromatic N) is 5. The zero-order chi connectivity index (χ0) is 31.1. The summed E-state index contributed by atoms with van der Waals surface area (Å²) in [4.78, 5) is 30.1. The van der Waals surface area contributed by atoms with Gasteiger partial charge in [0, 0.05) is 26.0 Å². The Bertz CT molecular complexity index is 1720. The third-order valence-electron chi connectivity index (χ3n) is 6.55. The van der Waals surface area contributed by atoms with E-state index in [2.05, 4.69) is 5.10 Å². The first-order chi connectivity index (χ1) is 20.2. The van der Waals surface area contributed by atoms with Crippen LogP contribution < -0.4 is 14.6 Å². The monoisotopic (exact) mass is 624 g/mol. The number of rotatable bonds is 9. The van der Waals surface area contributed by atoms with Gasteiger partial charge in [0.15, 0.2) is 5.69 Å². The van der Waals surface area contributed by atoms with Crippen LogP contribution in [0.3, 0.4) is 0 Å². The third kappa shape index (κ3) is 6.55. The van der Waals surface area contributed by atoms with E-state index in [1.807, 2.05) is 11.6 Å². The lowest BCUT2D eigenvalue weighted by Crippen LogP contribution is -2.49. The normalized spacial score (nSPS) is 16.3. The Kier molecular flexibility index (Phi) is 7.76. The number of benzene rings is 2. The molecule has 13 nitrogen and oxygen atoms in total. The highest BCUT2D eigenvalue weighted by atomic mass is 32.2. The Hall–Kier alpha value is -4.67. The van der Waals surface area contributed by atoms with E-state index in [-0.39, 0.29) is 16.3 Å². The van der Waals surface area contributed by atoms with E-state index < -0.39 is 46.1 Å². The fraction of sp³-hybridized carbons (Fsp3) is 0.346. The first-order valence-electron chi connectivity index (χ1n) is 13.0. The molecule has 1 fully saturated rings. The van der Waals surface area contributed by atoms with E-state index in [1.165, 1.54) is 43.1 Å². The summed E-state index contributed by atoms with van der Waals surface area (Å²) < 4.78 is 79.8. The molecule has 0 spiro atoms. The number of aromatic nitrogens is 4. The first-order valence-corrected chi connectivity index (χ1v) is 14.5. The molecule has 1 saturated heterocycles.